The summed E-state index contributed by atoms with van der Waals surface area (Å²) in [6.07, 6.45) is 34.5. The number of rotatable bonds is 35. The molecular formula is C39H80N2O5P+. The standard InChI is InChI=1S/C39H79N2O5P/c1-6-8-10-12-14-16-18-20-22-24-26-28-30-32-38(42)37(36-46-47(44,45)35-34-41(3,4)5)40-39(43)33-31-29-27-25-23-21-19-17-15-13-11-9-7-2/h30,32,37-38,42H,6-29,31,33-36H2,1-5H3,(H-,40,43,44,45)/p+1/b32-30+/t37-,38+/m0/s1. The molecule has 7 nitrogen and oxygen atoms in total. The summed E-state index contributed by atoms with van der Waals surface area (Å²) in [7, 11) is 2.05. The molecule has 47 heavy (non-hydrogen) atoms. The minimum absolute atomic E-state index is 0.0287. The van der Waals surface area contributed by atoms with E-state index in [1.165, 1.54) is 128 Å². The topological polar surface area (TPSA) is 95.9 Å². The average molecular weight is 688 g/mol. The largest absolute Gasteiger partial charge is 0.387 e. The molecule has 0 saturated heterocycles. The molecule has 3 N–H and O–H groups in total. The van der Waals surface area contributed by atoms with E-state index in [0.29, 0.717) is 17.4 Å². The van der Waals surface area contributed by atoms with Crippen molar-refractivity contribution in [3.8, 4) is 0 Å². The van der Waals surface area contributed by atoms with Gasteiger partial charge >= 0.3 is 7.60 Å². The molecule has 0 aromatic heterocycles. The molecule has 1 amide bonds. The number of carbonyl (C=O) groups is 1. The van der Waals surface area contributed by atoms with Gasteiger partial charge in [-0.1, -0.05) is 167 Å². The Labute approximate surface area is 292 Å². The van der Waals surface area contributed by atoms with Gasteiger partial charge in [-0.2, -0.15) is 0 Å². The van der Waals surface area contributed by atoms with Crippen LogP contribution in [0.2, 0.25) is 0 Å². The number of hydrogen-bond acceptors (Lipinski definition) is 4. The molecule has 280 valence electrons. The van der Waals surface area contributed by atoms with Gasteiger partial charge in [0.2, 0.25) is 5.91 Å². The third-order valence-corrected chi connectivity index (χ3v) is 10.4. The SMILES string of the molecule is CCCCCCCCCCCCC/C=C/[C@@H](O)[C@H](COP(=O)(O)CC[N+](C)(C)C)NC(=O)CCCCCCCCCCCCCCC. The molecule has 0 fully saturated rings. The fraction of sp³-hybridized carbons (Fsp3) is 0.923. The lowest BCUT2D eigenvalue weighted by Gasteiger charge is -2.26. The molecule has 0 heterocycles. The number of aliphatic hydroxyl groups is 1. The quantitative estimate of drug-likeness (QED) is 0.0267. The number of allylic oxidation sites excluding steroid dienone is 1. The monoisotopic (exact) mass is 688 g/mol. The van der Waals surface area contributed by atoms with Gasteiger partial charge in [0.25, 0.3) is 0 Å². The molecule has 0 bridgehead atoms. The van der Waals surface area contributed by atoms with Crippen molar-refractivity contribution in [2.45, 2.75) is 193 Å². The van der Waals surface area contributed by atoms with E-state index in [2.05, 4.69) is 19.2 Å². The molecule has 0 saturated carbocycles. The van der Waals surface area contributed by atoms with Crippen molar-refractivity contribution >= 4 is 13.5 Å². The Balaban J connectivity index is 4.46. The second kappa shape index (κ2) is 31.3. The van der Waals surface area contributed by atoms with Crippen LogP contribution in [0.5, 0.6) is 0 Å². The first kappa shape index (κ1) is 46.3. The Morgan fingerprint density at radius 2 is 1.11 bits per heavy atom. The average Bonchev–Trinajstić information content (AvgIpc) is 3.02. The van der Waals surface area contributed by atoms with Gasteiger partial charge in [-0.05, 0) is 19.3 Å². The highest BCUT2D eigenvalue weighted by molar-refractivity contribution is 7.52. The molecule has 1 unspecified atom stereocenters. The van der Waals surface area contributed by atoms with Crippen LogP contribution in [-0.2, 0) is 13.9 Å². The van der Waals surface area contributed by atoms with E-state index in [1.807, 2.05) is 27.2 Å². The number of unbranched alkanes of at least 4 members (excludes halogenated alkanes) is 23. The van der Waals surface area contributed by atoms with Crippen LogP contribution in [0.25, 0.3) is 0 Å². The van der Waals surface area contributed by atoms with Crippen LogP contribution in [0.3, 0.4) is 0 Å². The molecule has 0 aromatic rings. The van der Waals surface area contributed by atoms with E-state index < -0.39 is 19.7 Å². The summed E-state index contributed by atoms with van der Waals surface area (Å²) in [4.78, 5) is 23.2. The number of nitrogens with zero attached hydrogens (tertiary/aromatic N) is 1. The first-order valence-electron chi connectivity index (χ1n) is 19.9. The van der Waals surface area contributed by atoms with Gasteiger partial charge in [0.1, 0.15) is 0 Å². The summed E-state index contributed by atoms with van der Waals surface area (Å²) in [6, 6.07) is -0.761. The second-order valence-corrected chi connectivity index (χ2v) is 17.1. The van der Waals surface area contributed by atoms with Gasteiger partial charge in [0, 0.05) is 6.42 Å². The maximum Gasteiger partial charge on any atom is 0.333 e. The van der Waals surface area contributed by atoms with Gasteiger partial charge in [-0.15, -0.1) is 0 Å². The molecule has 0 aliphatic heterocycles. The number of amides is 1. The van der Waals surface area contributed by atoms with Crippen molar-refractivity contribution in [3.05, 3.63) is 12.2 Å². The summed E-state index contributed by atoms with van der Waals surface area (Å²) in [5.41, 5.74) is 0. The Morgan fingerprint density at radius 3 is 1.53 bits per heavy atom. The number of carbonyl (C=O) groups excluding carboxylic acids is 1. The van der Waals surface area contributed by atoms with E-state index in [4.69, 9.17) is 4.52 Å². The van der Waals surface area contributed by atoms with E-state index in [9.17, 15) is 19.4 Å². The van der Waals surface area contributed by atoms with Gasteiger partial charge in [-0.25, -0.2) is 0 Å². The van der Waals surface area contributed by atoms with E-state index in [-0.39, 0.29) is 18.7 Å². The first-order chi connectivity index (χ1) is 22.5. The number of aliphatic hydroxyl groups excluding tert-OH is 1. The molecule has 0 spiro atoms. The molecule has 8 heteroatoms. The maximum atomic E-state index is 12.8. The van der Waals surface area contributed by atoms with Crippen LogP contribution < -0.4 is 5.32 Å². The smallest absolute Gasteiger partial charge is 0.333 e. The summed E-state index contributed by atoms with van der Waals surface area (Å²) in [5, 5.41) is 13.8. The lowest BCUT2D eigenvalue weighted by Crippen LogP contribution is -2.45. The van der Waals surface area contributed by atoms with Crippen molar-refractivity contribution in [1.82, 2.24) is 5.32 Å². The van der Waals surface area contributed by atoms with Crippen LogP contribution in [0.4, 0.5) is 0 Å². The van der Waals surface area contributed by atoms with Crippen LogP contribution in [0, 0.1) is 0 Å². The minimum atomic E-state index is -3.84. The summed E-state index contributed by atoms with van der Waals surface area (Å²) >= 11 is 0. The van der Waals surface area contributed by atoms with E-state index in [0.717, 1.165) is 32.1 Å². The lowest BCUT2D eigenvalue weighted by molar-refractivity contribution is -0.867. The molecule has 0 aromatic carbocycles. The van der Waals surface area contributed by atoms with Crippen LogP contribution in [-0.4, -0.2) is 73.0 Å². The maximum absolute atomic E-state index is 12.8. The predicted molar refractivity (Wildman–Crippen MR) is 202 cm³/mol. The zero-order valence-corrected chi connectivity index (χ0v) is 32.7. The third-order valence-electron chi connectivity index (χ3n) is 9.08. The predicted octanol–water partition coefficient (Wildman–Crippen LogP) is 10.5. The zero-order chi connectivity index (χ0) is 35.1. The summed E-state index contributed by atoms with van der Waals surface area (Å²) in [5.74, 6) is -0.140. The molecule has 3 atom stereocenters. The third kappa shape index (κ3) is 33.5. The summed E-state index contributed by atoms with van der Waals surface area (Å²) < 4.78 is 18.7. The van der Waals surface area contributed by atoms with Crippen molar-refractivity contribution < 1.29 is 28.4 Å². The van der Waals surface area contributed by atoms with Crippen LogP contribution in [0.1, 0.15) is 181 Å². The van der Waals surface area contributed by atoms with Gasteiger partial charge in [0.15, 0.2) is 0 Å². The lowest BCUT2D eigenvalue weighted by atomic mass is 10.0. The second-order valence-electron chi connectivity index (χ2n) is 15.1. The Hall–Kier alpha value is -0.720. The number of hydrogen-bond donors (Lipinski definition) is 3. The molecule has 0 rings (SSSR count). The highest BCUT2D eigenvalue weighted by Gasteiger charge is 2.27. The molecule has 0 aliphatic carbocycles. The van der Waals surface area contributed by atoms with Gasteiger partial charge in [0.05, 0.1) is 52.6 Å². The van der Waals surface area contributed by atoms with Gasteiger partial charge < -0.3 is 24.3 Å². The number of nitrogens with one attached hydrogen (secondary N) is 1. The van der Waals surface area contributed by atoms with E-state index >= 15 is 0 Å². The highest BCUT2D eigenvalue weighted by Crippen LogP contribution is 2.42. The van der Waals surface area contributed by atoms with Gasteiger partial charge in [-0.3, -0.25) is 9.36 Å². The Kier molecular flexibility index (Phi) is 30.8. The van der Waals surface area contributed by atoms with Crippen molar-refractivity contribution in [2.24, 2.45) is 0 Å². The first-order valence-corrected chi connectivity index (χ1v) is 21.7. The summed E-state index contributed by atoms with van der Waals surface area (Å²) in [6.45, 7) is 4.81. The van der Waals surface area contributed by atoms with E-state index in [1.54, 1.807) is 6.08 Å². The van der Waals surface area contributed by atoms with Crippen molar-refractivity contribution in [2.75, 3.05) is 40.5 Å². The fourth-order valence-electron chi connectivity index (χ4n) is 5.79. The van der Waals surface area contributed by atoms with Crippen molar-refractivity contribution in [3.63, 3.8) is 0 Å². The highest BCUT2D eigenvalue weighted by atomic mass is 31.2. The molecule has 0 aliphatic rings. The Bertz CT molecular complexity index is 786. The fourth-order valence-corrected chi connectivity index (χ4v) is 7.17. The number of quaternary nitrogens is 1. The minimum Gasteiger partial charge on any atom is -0.387 e. The van der Waals surface area contributed by atoms with Crippen LogP contribution in [0.15, 0.2) is 12.2 Å². The molecule has 0 radical (unpaired) electrons. The Morgan fingerprint density at radius 1 is 0.702 bits per heavy atom. The normalized spacial score (nSPS) is 14.8. The van der Waals surface area contributed by atoms with Crippen molar-refractivity contribution in [1.29, 1.82) is 0 Å². The zero-order valence-electron chi connectivity index (χ0n) is 31.8. The van der Waals surface area contributed by atoms with Crippen LogP contribution >= 0.6 is 7.60 Å². The molecular weight excluding hydrogens is 607 g/mol.